The first-order chi connectivity index (χ1) is 5.31. The second kappa shape index (κ2) is 14.9. The first kappa shape index (κ1) is 19.0. The normalized spacial score (nSPS) is 8.15. The number of hydrogen-bond donors (Lipinski definition) is 2. The highest BCUT2D eigenvalue weighted by Crippen LogP contribution is 1.80. The van der Waals surface area contributed by atoms with Gasteiger partial charge in [-0.2, -0.15) is 0 Å². The van der Waals surface area contributed by atoms with E-state index in [0.29, 0.717) is 31.4 Å². The molecular formula is C6H16Cl2N2O2S. The minimum Gasteiger partial charge on any atom is -0.483 e. The summed E-state index contributed by atoms with van der Waals surface area (Å²) in [5, 5.41) is 0.418. The third-order valence-corrected chi connectivity index (χ3v) is 1.20. The minimum atomic E-state index is 0. The van der Waals surface area contributed by atoms with Gasteiger partial charge in [-0.1, -0.05) is 0 Å². The molecule has 13 heavy (non-hydrogen) atoms. The first-order valence-corrected chi connectivity index (χ1v) is 3.85. The molecule has 82 valence electrons. The van der Waals surface area contributed by atoms with Crippen LogP contribution >= 0.6 is 37.0 Å². The van der Waals surface area contributed by atoms with Crippen molar-refractivity contribution in [3.05, 3.63) is 0 Å². The number of rotatable bonds is 6. The third kappa shape index (κ3) is 15.1. The molecule has 0 fully saturated rings. The molecule has 0 bridgehead atoms. The number of halogens is 2. The van der Waals surface area contributed by atoms with E-state index in [1.165, 1.54) is 0 Å². The molecule has 0 aliphatic rings. The Bertz CT molecular complexity index is 119. The highest BCUT2D eigenvalue weighted by molar-refractivity contribution is 7.80. The van der Waals surface area contributed by atoms with E-state index in [4.69, 9.17) is 33.2 Å². The average molecular weight is 251 g/mol. The second-order valence-corrected chi connectivity index (χ2v) is 2.28. The molecular weight excluding hydrogens is 235 g/mol. The van der Waals surface area contributed by atoms with E-state index in [-0.39, 0.29) is 31.4 Å². The van der Waals surface area contributed by atoms with Crippen molar-refractivity contribution in [1.82, 2.24) is 0 Å². The first-order valence-electron chi connectivity index (χ1n) is 3.44. The molecule has 0 saturated heterocycles. The van der Waals surface area contributed by atoms with Gasteiger partial charge in [-0.25, -0.2) is 0 Å². The zero-order valence-corrected chi connectivity index (χ0v) is 9.68. The van der Waals surface area contributed by atoms with Crippen molar-refractivity contribution in [3.63, 3.8) is 0 Å². The summed E-state index contributed by atoms with van der Waals surface area (Å²) >= 11 is 4.71. The van der Waals surface area contributed by atoms with Crippen molar-refractivity contribution in [2.24, 2.45) is 11.5 Å². The average Bonchev–Trinajstić information content (AvgIpc) is 2.04. The lowest BCUT2D eigenvalue weighted by Gasteiger charge is -2.05. The van der Waals surface area contributed by atoms with E-state index in [2.05, 4.69) is 0 Å². The van der Waals surface area contributed by atoms with Gasteiger partial charge in [0.1, 0.15) is 6.61 Å². The summed E-state index contributed by atoms with van der Waals surface area (Å²) in [6, 6.07) is 0. The van der Waals surface area contributed by atoms with E-state index in [1.807, 2.05) is 0 Å². The number of hydrogen-bond acceptors (Lipinski definition) is 5. The van der Waals surface area contributed by atoms with Crippen LogP contribution in [0.5, 0.6) is 0 Å². The Labute approximate surface area is 96.1 Å². The van der Waals surface area contributed by atoms with Gasteiger partial charge in [-0.3, -0.25) is 0 Å². The van der Waals surface area contributed by atoms with Gasteiger partial charge in [0.25, 0.3) is 0 Å². The van der Waals surface area contributed by atoms with E-state index < -0.39 is 0 Å². The van der Waals surface area contributed by atoms with Crippen molar-refractivity contribution in [1.29, 1.82) is 0 Å². The summed E-state index contributed by atoms with van der Waals surface area (Å²) in [6.45, 7) is 2.33. The van der Waals surface area contributed by atoms with Crippen LogP contribution in [0.25, 0.3) is 0 Å². The lowest BCUT2D eigenvalue weighted by Crippen LogP contribution is -2.18. The summed E-state index contributed by atoms with van der Waals surface area (Å²) in [7, 11) is 0. The Morgan fingerprint density at radius 3 is 2.15 bits per heavy atom. The summed E-state index contributed by atoms with van der Waals surface area (Å²) in [5.41, 5.74) is 10.4. The summed E-state index contributed by atoms with van der Waals surface area (Å²) in [5.74, 6) is 0. The van der Waals surface area contributed by atoms with Crippen LogP contribution in [0, 0.1) is 0 Å². The van der Waals surface area contributed by atoms with Crippen LogP contribution < -0.4 is 11.5 Å². The number of ether oxygens (including phenoxy) is 2. The Kier molecular flexibility index (Phi) is 21.7. The Balaban J connectivity index is -0.000000500. The van der Waals surface area contributed by atoms with Crippen LogP contribution in [0.3, 0.4) is 0 Å². The van der Waals surface area contributed by atoms with E-state index in [1.54, 1.807) is 0 Å². The third-order valence-electron chi connectivity index (χ3n) is 0.920. The fourth-order valence-electron chi connectivity index (χ4n) is 0.459. The second-order valence-electron chi connectivity index (χ2n) is 1.83. The molecule has 0 aromatic heterocycles. The summed E-state index contributed by atoms with van der Waals surface area (Å²) in [4.78, 5) is 0. The van der Waals surface area contributed by atoms with Crippen LogP contribution in [-0.2, 0) is 9.47 Å². The smallest absolute Gasteiger partial charge is 0.173 e. The lowest BCUT2D eigenvalue weighted by molar-refractivity contribution is 0.103. The maximum Gasteiger partial charge on any atom is 0.173 e. The topological polar surface area (TPSA) is 70.5 Å². The predicted octanol–water partition coefficient (Wildman–Crippen LogP) is 0.108. The predicted molar refractivity (Wildman–Crippen MR) is 62.0 cm³/mol. The monoisotopic (exact) mass is 250 g/mol. The Morgan fingerprint density at radius 1 is 1.08 bits per heavy atom. The van der Waals surface area contributed by atoms with Gasteiger partial charge in [0.05, 0.1) is 19.8 Å². The fraction of sp³-hybridized carbons (Fsp3) is 0.833. The van der Waals surface area contributed by atoms with Crippen LogP contribution in [0.2, 0.25) is 0 Å². The molecule has 0 spiro atoms. The van der Waals surface area contributed by atoms with Crippen molar-refractivity contribution in [2.45, 2.75) is 0 Å². The van der Waals surface area contributed by atoms with Crippen LogP contribution in [0.15, 0.2) is 0 Å². The van der Waals surface area contributed by atoms with Crippen molar-refractivity contribution >= 4 is 42.1 Å². The molecule has 0 rings (SSSR count). The van der Waals surface area contributed by atoms with Crippen molar-refractivity contribution < 1.29 is 9.47 Å². The highest BCUT2D eigenvalue weighted by atomic mass is 35.5. The van der Waals surface area contributed by atoms with Gasteiger partial charge < -0.3 is 20.9 Å². The molecule has 0 aromatic rings. The van der Waals surface area contributed by atoms with Crippen LogP contribution in [0.4, 0.5) is 0 Å². The lowest BCUT2D eigenvalue weighted by atomic mass is 10.7. The molecule has 4 N–H and O–H groups in total. The number of nitrogens with two attached hydrogens (primary N) is 2. The molecule has 0 aliphatic heterocycles. The van der Waals surface area contributed by atoms with Crippen LogP contribution in [0.1, 0.15) is 0 Å². The molecule has 0 aromatic carbocycles. The fourth-order valence-corrected chi connectivity index (χ4v) is 0.542. The maximum absolute atomic E-state index is 5.19. The van der Waals surface area contributed by atoms with Crippen LogP contribution in [-0.4, -0.2) is 38.0 Å². The van der Waals surface area contributed by atoms with E-state index in [0.717, 1.165) is 0 Å². The van der Waals surface area contributed by atoms with Gasteiger partial charge in [-0.05, 0) is 12.2 Å². The maximum atomic E-state index is 5.19. The molecule has 0 unspecified atom stereocenters. The van der Waals surface area contributed by atoms with Gasteiger partial charge in [0.15, 0.2) is 5.05 Å². The van der Waals surface area contributed by atoms with Gasteiger partial charge in [0.2, 0.25) is 0 Å². The molecule has 0 radical (unpaired) electrons. The molecule has 0 atom stereocenters. The zero-order valence-electron chi connectivity index (χ0n) is 7.23. The van der Waals surface area contributed by atoms with E-state index >= 15 is 0 Å². The molecule has 0 aliphatic carbocycles. The highest BCUT2D eigenvalue weighted by Gasteiger charge is 1.92. The molecule has 0 heterocycles. The van der Waals surface area contributed by atoms with Gasteiger partial charge in [-0.15, -0.1) is 24.8 Å². The molecule has 4 nitrogen and oxygen atoms in total. The minimum absolute atomic E-state index is 0. The SMILES string of the molecule is Cl.Cl.NCCOCCOC(=S)CN. The standard InChI is InChI=1S/C6H14N2O2S.2ClH/c7-1-2-9-3-4-10-6(11)5-8;;/h1-5,7-8H2;2*1H. The summed E-state index contributed by atoms with van der Waals surface area (Å²) in [6.07, 6.45) is 0. The van der Waals surface area contributed by atoms with Crippen molar-refractivity contribution in [3.8, 4) is 0 Å². The Hall–Kier alpha value is 0.350. The van der Waals surface area contributed by atoms with E-state index in [9.17, 15) is 0 Å². The largest absolute Gasteiger partial charge is 0.483 e. The molecule has 0 amide bonds. The molecule has 7 heteroatoms. The van der Waals surface area contributed by atoms with Gasteiger partial charge >= 0.3 is 0 Å². The van der Waals surface area contributed by atoms with Gasteiger partial charge in [0, 0.05) is 6.54 Å². The quantitative estimate of drug-likeness (QED) is 0.518. The molecule has 0 saturated carbocycles. The number of thiocarbonyl (C=S) groups is 1. The summed E-state index contributed by atoms with van der Waals surface area (Å²) < 4.78 is 10.0. The Morgan fingerprint density at radius 2 is 1.69 bits per heavy atom. The zero-order chi connectivity index (χ0) is 8.53. The van der Waals surface area contributed by atoms with Crippen molar-refractivity contribution in [2.75, 3.05) is 32.9 Å².